The number of halogens is 1. The molecule has 1 atom stereocenters. The van der Waals surface area contributed by atoms with Crippen molar-refractivity contribution in [1.29, 1.82) is 0 Å². The Labute approximate surface area is 150 Å². The van der Waals surface area contributed by atoms with Crippen LogP contribution in [0.5, 0.6) is 0 Å². The van der Waals surface area contributed by atoms with Crippen LogP contribution >= 0.6 is 0 Å². The van der Waals surface area contributed by atoms with Crippen molar-refractivity contribution in [3.05, 3.63) is 24.0 Å². The van der Waals surface area contributed by atoms with Crippen LogP contribution in [0.4, 0.5) is 20.6 Å². The number of cyclic esters (lactones) is 1. The predicted molar refractivity (Wildman–Crippen MR) is 102 cm³/mol. The molecule has 0 aliphatic carbocycles. The number of hydrogen-bond donors (Lipinski definition) is 1. The molecule has 0 radical (unpaired) electrons. The second-order valence-electron chi connectivity index (χ2n) is 7.71. The van der Waals surface area contributed by atoms with Gasteiger partial charge in [0.15, 0.2) is 0 Å². The highest BCUT2D eigenvalue weighted by atomic mass is 28.3. The zero-order chi connectivity index (χ0) is 18.0. The standard InChI is InChI=1S/C18H28FN3O2Si/c1-4-20-12-15-13-22(18(23)24-15)14-5-6-17(16(19)11-14)21-7-9-25(2,3)10-8-21/h5-6,11,15,20H,4,7-10,12-13H2,1-3H3. The molecule has 1 N–H and O–H groups in total. The number of amides is 1. The highest BCUT2D eigenvalue weighted by Gasteiger charge is 2.33. The van der Waals surface area contributed by atoms with E-state index in [2.05, 4.69) is 23.3 Å². The average molecular weight is 366 g/mol. The van der Waals surface area contributed by atoms with Gasteiger partial charge in [0, 0.05) is 19.6 Å². The van der Waals surface area contributed by atoms with Crippen LogP contribution in [0.15, 0.2) is 18.2 Å². The fourth-order valence-corrected chi connectivity index (χ4v) is 5.42. The van der Waals surface area contributed by atoms with Crippen LogP contribution in [0.2, 0.25) is 25.2 Å². The van der Waals surface area contributed by atoms with Gasteiger partial charge in [-0.3, -0.25) is 4.90 Å². The molecule has 3 rings (SSSR count). The fraction of sp³-hybridized carbons (Fsp3) is 0.611. The van der Waals surface area contributed by atoms with E-state index < -0.39 is 14.2 Å². The van der Waals surface area contributed by atoms with Gasteiger partial charge in [-0.1, -0.05) is 20.0 Å². The summed E-state index contributed by atoms with van der Waals surface area (Å²) in [5, 5.41) is 3.17. The molecule has 2 fully saturated rings. The van der Waals surface area contributed by atoms with Crippen LogP contribution in [-0.2, 0) is 4.74 Å². The normalized spacial score (nSPS) is 23.0. The molecule has 1 amide bonds. The maximum Gasteiger partial charge on any atom is 0.414 e. The van der Waals surface area contributed by atoms with Gasteiger partial charge in [-0.05, 0) is 36.8 Å². The number of benzene rings is 1. The van der Waals surface area contributed by atoms with Crippen molar-refractivity contribution < 1.29 is 13.9 Å². The van der Waals surface area contributed by atoms with Crippen LogP contribution in [0.25, 0.3) is 0 Å². The van der Waals surface area contributed by atoms with Crippen molar-refractivity contribution in [2.24, 2.45) is 0 Å². The minimum atomic E-state index is -1.08. The summed E-state index contributed by atoms with van der Waals surface area (Å²) in [6, 6.07) is 7.48. The van der Waals surface area contributed by atoms with E-state index in [0.29, 0.717) is 24.5 Å². The highest BCUT2D eigenvalue weighted by molar-refractivity contribution is 6.77. The Balaban J connectivity index is 1.69. The molecule has 1 unspecified atom stereocenters. The molecule has 2 aliphatic rings. The molecule has 0 saturated carbocycles. The lowest BCUT2D eigenvalue weighted by atomic mass is 10.2. The lowest BCUT2D eigenvalue weighted by Gasteiger charge is -2.37. The molecule has 1 aromatic carbocycles. The van der Waals surface area contributed by atoms with Gasteiger partial charge in [0.25, 0.3) is 0 Å². The molecular formula is C18H28FN3O2Si. The van der Waals surface area contributed by atoms with Gasteiger partial charge in [-0.25, -0.2) is 9.18 Å². The molecule has 0 bridgehead atoms. The summed E-state index contributed by atoms with van der Waals surface area (Å²) in [5.74, 6) is -0.262. The van der Waals surface area contributed by atoms with Gasteiger partial charge >= 0.3 is 6.09 Å². The number of likely N-dealkylation sites (N-methyl/N-ethyl adjacent to an activating group) is 1. The maximum atomic E-state index is 14.7. The Morgan fingerprint density at radius 1 is 1.32 bits per heavy atom. The zero-order valence-corrected chi connectivity index (χ0v) is 16.3. The number of hydrogen-bond acceptors (Lipinski definition) is 4. The van der Waals surface area contributed by atoms with Crippen LogP contribution in [-0.4, -0.2) is 53.0 Å². The molecule has 138 valence electrons. The van der Waals surface area contributed by atoms with E-state index in [1.54, 1.807) is 6.07 Å². The first kappa shape index (κ1) is 18.2. The molecule has 2 aliphatic heterocycles. The number of carbonyl (C=O) groups excluding carboxylic acids is 1. The quantitative estimate of drug-likeness (QED) is 0.814. The number of nitrogens with zero attached hydrogens (tertiary/aromatic N) is 2. The summed E-state index contributed by atoms with van der Waals surface area (Å²) >= 11 is 0. The second kappa shape index (κ2) is 7.33. The van der Waals surface area contributed by atoms with Gasteiger partial charge in [0.2, 0.25) is 0 Å². The Morgan fingerprint density at radius 2 is 2.04 bits per heavy atom. The molecule has 25 heavy (non-hydrogen) atoms. The van der Waals surface area contributed by atoms with Crippen molar-refractivity contribution in [3.8, 4) is 0 Å². The van der Waals surface area contributed by atoms with Gasteiger partial charge in [0.05, 0.1) is 26.0 Å². The van der Waals surface area contributed by atoms with Crippen LogP contribution in [0, 0.1) is 5.82 Å². The van der Waals surface area contributed by atoms with E-state index in [-0.39, 0.29) is 11.9 Å². The zero-order valence-electron chi connectivity index (χ0n) is 15.3. The minimum absolute atomic E-state index is 0.190. The highest BCUT2D eigenvalue weighted by Crippen LogP contribution is 2.31. The first-order chi connectivity index (χ1) is 11.9. The molecule has 0 spiro atoms. The third-order valence-corrected chi connectivity index (χ3v) is 8.35. The van der Waals surface area contributed by atoms with E-state index in [9.17, 15) is 9.18 Å². The molecule has 7 heteroatoms. The lowest BCUT2D eigenvalue weighted by molar-refractivity contribution is 0.140. The SMILES string of the molecule is CCNCC1CN(c2ccc(N3CC[Si](C)(C)CC3)c(F)c2)C(=O)O1. The van der Waals surface area contributed by atoms with Crippen LogP contribution in [0.3, 0.4) is 0 Å². The van der Waals surface area contributed by atoms with E-state index in [4.69, 9.17) is 4.74 Å². The van der Waals surface area contributed by atoms with Gasteiger partial charge < -0.3 is 15.0 Å². The van der Waals surface area contributed by atoms with E-state index in [1.807, 2.05) is 13.0 Å². The van der Waals surface area contributed by atoms with Crippen molar-refractivity contribution in [3.63, 3.8) is 0 Å². The van der Waals surface area contributed by atoms with Crippen molar-refractivity contribution in [1.82, 2.24) is 5.32 Å². The first-order valence-electron chi connectivity index (χ1n) is 9.13. The third kappa shape index (κ3) is 4.15. The Hall–Kier alpha value is -1.60. The molecule has 1 aromatic rings. The Bertz CT molecular complexity index is 631. The smallest absolute Gasteiger partial charge is 0.414 e. The van der Waals surface area contributed by atoms with E-state index in [1.165, 1.54) is 23.1 Å². The number of anilines is 2. The van der Waals surface area contributed by atoms with Crippen molar-refractivity contribution in [2.45, 2.75) is 38.2 Å². The first-order valence-corrected chi connectivity index (χ1v) is 12.5. The topological polar surface area (TPSA) is 44.8 Å². The molecule has 0 aromatic heterocycles. The lowest BCUT2D eigenvalue weighted by Crippen LogP contribution is -2.43. The number of rotatable bonds is 5. The maximum absolute atomic E-state index is 14.7. The summed E-state index contributed by atoms with van der Waals surface area (Å²) in [4.78, 5) is 15.7. The second-order valence-corrected chi connectivity index (χ2v) is 13.0. The van der Waals surface area contributed by atoms with Crippen LogP contribution in [0.1, 0.15) is 6.92 Å². The fourth-order valence-electron chi connectivity index (χ4n) is 3.42. The van der Waals surface area contributed by atoms with Crippen LogP contribution < -0.4 is 15.1 Å². The summed E-state index contributed by atoms with van der Waals surface area (Å²) in [7, 11) is -1.08. The Kier molecular flexibility index (Phi) is 5.34. The monoisotopic (exact) mass is 365 g/mol. The number of ether oxygens (including phenoxy) is 1. The molecule has 5 nitrogen and oxygen atoms in total. The molecular weight excluding hydrogens is 337 g/mol. The minimum Gasteiger partial charge on any atom is -0.443 e. The summed E-state index contributed by atoms with van der Waals surface area (Å²) in [6.07, 6.45) is -0.592. The predicted octanol–water partition coefficient (Wildman–Crippen LogP) is 3.29. The summed E-state index contributed by atoms with van der Waals surface area (Å²) < 4.78 is 20.0. The molecule has 2 saturated heterocycles. The Morgan fingerprint density at radius 3 is 2.68 bits per heavy atom. The third-order valence-electron chi connectivity index (χ3n) is 5.20. The van der Waals surface area contributed by atoms with Gasteiger partial charge in [0.1, 0.15) is 11.9 Å². The van der Waals surface area contributed by atoms with Gasteiger partial charge in [-0.2, -0.15) is 0 Å². The molecule has 2 heterocycles. The number of nitrogens with one attached hydrogen (secondary N) is 1. The van der Waals surface area contributed by atoms with Crippen molar-refractivity contribution >= 4 is 25.5 Å². The summed E-state index contributed by atoms with van der Waals surface area (Å²) in [6.45, 7) is 10.5. The van der Waals surface area contributed by atoms with Gasteiger partial charge in [-0.15, -0.1) is 0 Å². The largest absolute Gasteiger partial charge is 0.443 e. The van der Waals surface area contributed by atoms with E-state index in [0.717, 1.165) is 19.6 Å². The average Bonchev–Trinajstić information content (AvgIpc) is 2.94. The number of carbonyl (C=O) groups is 1. The van der Waals surface area contributed by atoms with E-state index >= 15 is 0 Å². The summed E-state index contributed by atoms with van der Waals surface area (Å²) in [5.41, 5.74) is 1.21. The van der Waals surface area contributed by atoms with Crippen molar-refractivity contribution in [2.75, 3.05) is 42.5 Å².